The van der Waals surface area contributed by atoms with Crippen LogP contribution in [0.2, 0.25) is 0 Å². The minimum Gasteiger partial charge on any atom is -0.372 e. The van der Waals surface area contributed by atoms with Gasteiger partial charge in [-0.1, -0.05) is 25.9 Å². The van der Waals surface area contributed by atoms with Crippen molar-refractivity contribution in [2.45, 2.75) is 71.3 Å². The summed E-state index contributed by atoms with van der Waals surface area (Å²) >= 11 is 0. The zero-order valence-electron chi connectivity index (χ0n) is 36.1. The highest BCUT2D eigenvalue weighted by atomic mass is 16.5. The molecule has 8 heterocycles. The predicted molar refractivity (Wildman–Crippen MR) is 238 cm³/mol. The Balaban J connectivity index is 0.731. The minimum atomic E-state index is -0.350. The second kappa shape index (κ2) is 17.3. The van der Waals surface area contributed by atoms with Gasteiger partial charge in [-0.3, -0.25) is 29.7 Å². The summed E-state index contributed by atoms with van der Waals surface area (Å²) in [5.74, 6) is 1.86. The van der Waals surface area contributed by atoms with Crippen LogP contribution in [0, 0.1) is 11.8 Å². The second-order valence-corrected chi connectivity index (χ2v) is 18.3. The van der Waals surface area contributed by atoms with E-state index in [-0.39, 0.29) is 35.2 Å². The molecule has 4 fully saturated rings. The van der Waals surface area contributed by atoms with Gasteiger partial charge < -0.3 is 29.5 Å². The first kappa shape index (κ1) is 41.3. The van der Waals surface area contributed by atoms with Crippen LogP contribution < -0.4 is 30.2 Å². The molecule has 0 unspecified atom stereocenters. The predicted octanol–water partition coefficient (Wildman–Crippen LogP) is 5.22. The molecule has 3 N–H and O–H groups in total. The number of hydrogen-bond donors (Lipinski definition) is 3. The number of benzene rings is 1. The van der Waals surface area contributed by atoms with Gasteiger partial charge in [0.25, 0.3) is 0 Å². The van der Waals surface area contributed by atoms with E-state index in [9.17, 15) is 14.4 Å². The maximum Gasteiger partial charge on any atom is 0.328 e. The molecule has 17 heteroatoms. The Labute approximate surface area is 361 Å². The number of H-pyrrole nitrogens is 1. The normalized spacial score (nSPS) is 19.3. The number of aromatic amines is 1. The lowest BCUT2D eigenvalue weighted by Gasteiger charge is -2.40. The molecule has 4 aromatic heterocycles. The lowest BCUT2D eigenvalue weighted by molar-refractivity contribution is -0.120. The highest BCUT2D eigenvalue weighted by Gasteiger charge is 2.31. The van der Waals surface area contributed by atoms with Crippen molar-refractivity contribution in [1.29, 1.82) is 0 Å². The summed E-state index contributed by atoms with van der Waals surface area (Å²) in [6.45, 7) is 17.2. The molecule has 0 aliphatic carbocycles. The zero-order valence-corrected chi connectivity index (χ0v) is 36.1. The van der Waals surface area contributed by atoms with Gasteiger partial charge in [0.15, 0.2) is 5.82 Å². The number of carbonyl (C=O) groups is 3. The van der Waals surface area contributed by atoms with Crippen LogP contribution in [0.5, 0.6) is 0 Å². The van der Waals surface area contributed by atoms with Crippen LogP contribution in [-0.4, -0.2) is 124 Å². The Hall–Kier alpha value is -6.10. The van der Waals surface area contributed by atoms with Gasteiger partial charge in [0.2, 0.25) is 5.91 Å². The molecule has 17 nitrogen and oxygen atoms in total. The monoisotopic (exact) mass is 843 g/mol. The van der Waals surface area contributed by atoms with Crippen LogP contribution in [0.1, 0.15) is 76.3 Å². The Morgan fingerprint density at radius 3 is 2.21 bits per heavy atom. The zero-order chi connectivity index (χ0) is 43.0. The third-order valence-electron chi connectivity index (χ3n) is 13.1. The Bertz CT molecular complexity index is 2370. The highest BCUT2D eigenvalue weighted by molar-refractivity contribution is 6.05. The molecule has 0 radical (unpaired) electrons. The maximum absolute atomic E-state index is 12.9. The summed E-state index contributed by atoms with van der Waals surface area (Å²) in [6.07, 6.45) is 8.06. The number of nitrogens with one attached hydrogen (secondary N) is 3. The average molecular weight is 844 g/mol. The van der Waals surface area contributed by atoms with Crippen LogP contribution >= 0.6 is 0 Å². The number of nitrogens with zero attached hydrogens (tertiary/aromatic N) is 10. The number of anilines is 4. The van der Waals surface area contributed by atoms with Crippen molar-refractivity contribution in [2.75, 3.05) is 85.0 Å². The van der Waals surface area contributed by atoms with Gasteiger partial charge in [-0.2, -0.15) is 4.98 Å². The fourth-order valence-corrected chi connectivity index (χ4v) is 9.25. The second-order valence-electron chi connectivity index (χ2n) is 18.3. The van der Waals surface area contributed by atoms with Gasteiger partial charge in [0, 0.05) is 94.7 Å². The van der Waals surface area contributed by atoms with E-state index in [4.69, 9.17) is 14.5 Å². The number of piperidine rings is 2. The van der Waals surface area contributed by atoms with Crippen molar-refractivity contribution in [3.63, 3.8) is 0 Å². The van der Waals surface area contributed by atoms with Gasteiger partial charge in [0.05, 0.1) is 28.7 Å². The van der Waals surface area contributed by atoms with Gasteiger partial charge in [-0.25, -0.2) is 14.8 Å². The van der Waals surface area contributed by atoms with Crippen molar-refractivity contribution < 1.29 is 18.9 Å². The first-order valence-corrected chi connectivity index (χ1v) is 22.1. The number of carbonyl (C=O) groups excluding carboxylic acids is 3. The van der Waals surface area contributed by atoms with Gasteiger partial charge in [-0.05, 0) is 86.9 Å². The molecule has 326 valence electrons. The number of rotatable bonds is 10. The summed E-state index contributed by atoms with van der Waals surface area (Å²) in [6, 6.07) is 14.1. The van der Waals surface area contributed by atoms with E-state index < -0.39 is 0 Å². The molecule has 4 amide bonds. The number of urea groups is 1. The standard InChI is InChI=1S/C45H57N13O4/c1-29(49-41(60)42-52-43(53-62-42)45(2,3)4)31-13-18-57(19-14-31)40-35-25-37(50-39(35)47-28-48-40)36-10-9-34(26-46-36)56-23-21-54(22-24-56)27-30-11-16-55(17-12-30)32-5-7-33(8-6-32)58-20-15-38(59)51-44(58)61/h5-10,25-26,28-31H,11-24,27H2,1-4H3,(H,49,60)(H,47,48,50)(H,51,59,61)/t29-/m1/s1. The summed E-state index contributed by atoms with van der Waals surface area (Å²) in [5.41, 5.74) is 5.40. The van der Waals surface area contributed by atoms with E-state index in [1.807, 2.05) is 46.0 Å². The highest BCUT2D eigenvalue weighted by Crippen LogP contribution is 2.33. The number of fused-ring (bicyclic) bond motifs is 1. The summed E-state index contributed by atoms with van der Waals surface area (Å²) in [4.78, 5) is 70.1. The SMILES string of the molecule is C[C@@H](NC(=O)c1nc(C(C)(C)C)no1)C1CCN(c2ncnc3[nH]c(-c4ccc(N5CCN(CC6CCN(c7ccc(N8CCC(=O)NC8=O)cc7)CC6)CC5)cn4)cc23)CC1. The molecule has 0 saturated carbocycles. The molecule has 4 aliphatic heterocycles. The van der Waals surface area contributed by atoms with Crippen LogP contribution in [-0.2, 0) is 10.2 Å². The number of hydrogen-bond acceptors (Lipinski definition) is 13. The number of amides is 4. The van der Waals surface area contributed by atoms with Crippen LogP contribution in [0.3, 0.4) is 0 Å². The van der Waals surface area contributed by atoms with Crippen molar-refractivity contribution in [1.82, 2.24) is 45.6 Å². The molecule has 9 rings (SSSR count). The van der Waals surface area contributed by atoms with Crippen LogP contribution in [0.4, 0.5) is 27.7 Å². The quantitative estimate of drug-likeness (QED) is 0.167. The first-order chi connectivity index (χ1) is 29.9. The van der Waals surface area contributed by atoms with E-state index in [2.05, 4.69) is 80.7 Å². The number of imide groups is 1. The fourth-order valence-electron chi connectivity index (χ4n) is 9.25. The third kappa shape index (κ3) is 8.94. The Morgan fingerprint density at radius 2 is 1.53 bits per heavy atom. The Kier molecular flexibility index (Phi) is 11.5. The van der Waals surface area contributed by atoms with Crippen molar-refractivity contribution in [2.24, 2.45) is 11.8 Å². The van der Waals surface area contributed by atoms with Gasteiger partial charge in [0.1, 0.15) is 17.8 Å². The summed E-state index contributed by atoms with van der Waals surface area (Å²) < 4.78 is 5.26. The third-order valence-corrected chi connectivity index (χ3v) is 13.1. The van der Waals surface area contributed by atoms with Gasteiger partial charge in [-0.15, -0.1) is 0 Å². The topological polar surface area (TPSA) is 185 Å². The van der Waals surface area contributed by atoms with Crippen molar-refractivity contribution >= 4 is 51.8 Å². The molecular formula is C45H57N13O4. The largest absolute Gasteiger partial charge is 0.372 e. The van der Waals surface area contributed by atoms with Gasteiger partial charge >= 0.3 is 17.8 Å². The van der Waals surface area contributed by atoms with E-state index >= 15 is 0 Å². The lowest BCUT2D eigenvalue weighted by atomic mass is 9.90. The molecule has 5 aromatic rings. The fraction of sp³-hybridized carbons (Fsp3) is 0.511. The minimum absolute atomic E-state index is 0.00331. The molecule has 1 atom stereocenters. The van der Waals surface area contributed by atoms with E-state index in [0.29, 0.717) is 30.6 Å². The molecule has 4 aliphatic rings. The maximum atomic E-state index is 12.9. The molecule has 62 heavy (non-hydrogen) atoms. The number of pyridine rings is 1. The molecule has 1 aromatic carbocycles. The molecule has 4 saturated heterocycles. The summed E-state index contributed by atoms with van der Waals surface area (Å²) in [7, 11) is 0. The molecule has 0 bridgehead atoms. The average Bonchev–Trinajstić information content (AvgIpc) is 3.97. The smallest absolute Gasteiger partial charge is 0.328 e. The summed E-state index contributed by atoms with van der Waals surface area (Å²) in [5, 5.41) is 10.4. The van der Waals surface area contributed by atoms with Crippen molar-refractivity contribution in [3.8, 4) is 11.4 Å². The van der Waals surface area contributed by atoms with Crippen LogP contribution in [0.15, 0.2) is 59.5 Å². The van der Waals surface area contributed by atoms with E-state index in [1.165, 1.54) is 5.69 Å². The first-order valence-electron chi connectivity index (χ1n) is 22.1. The lowest BCUT2D eigenvalue weighted by Crippen LogP contribution is -2.49. The Morgan fingerprint density at radius 1 is 0.839 bits per heavy atom. The molecular weight excluding hydrogens is 787 g/mol. The molecule has 0 spiro atoms. The van der Waals surface area contributed by atoms with Crippen molar-refractivity contribution in [3.05, 3.63) is 66.7 Å². The van der Waals surface area contributed by atoms with E-state index in [0.717, 1.165) is 124 Å². The van der Waals surface area contributed by atoms with Crippen LogP contribution in [0.25, 0.3) is 22.4 Å². The number of aromatic nitrogens is 6. The number of piperazine rings is 1. The van der Waals surface area contributed by atoms with E-state index in [1.54, 1.807) is 11.2 Å².